The highest BCUT2D eigenvalue weighted by atomic mass is 16.3. The smallest absolute Gasteiger partial charge is 0.183 e. The van der Waals surface area contributed by atoms with Gasteiger partial charge in [-0.1, -0.05) is 39.0 Å². The van der Waals surface area contributed by atoms with Gasteiger partial charge in [0.1, 0.15) is 0 Å². The largest absolute Gasteiger partial charge is 0.504 e. The summed E-state index contributed by atoms with van der Waals surface area (Å²) in [4.78, 5) is 4.53. The summed E-state index contributed by atoms with van der Waals surface area (Å²) in [6.45, 7) is 6.20. The monoisotopic (exact) mass is 308 g/mol. The van der Waals surface area contributed by atoms with Gasteiger partial charge in [0.2, 0.25) is 0 Å². The average Bonchev–Trinajstić information content (AvgIpc) is 2.93. The summed E-state index contributed by atoms with van der Waals surface area (Å²) in [5.74, 6) is 0.992. The van der Waals surface area contributed by atoms with E-state index < -0.39 is 0 Å². The number of fused-ring (bicyclic) bond motifs is 1. The summed E-state index contributed by atoms with van der Waals surface area (Å²) in [5, 5.41) is 18.9. The molecule has 0 spiro atoms. The van der Waals surface area contributed by atoms with Gasteiger partial charge in [-0.05, 0) is 36.1 Å². The van der Waals surface area contributed by atoms with Crippen molar-refractivity contribution in [2.75, 3.05) is 0 Å². The normalized spacial score (nSPS) is 11.8. The molecule has 0 saturated carbocycles. The van der Waals surface area contributed by atoms with Gasteiger partial charge in [0.05, 0.1) is 11.4 Å². The molecule has 3 rings (SSSR count). The Morgan fingerprint density at radius 2 is 1.91 bits per heavy atom. The number of aryl methyl sites for hydroxylation is 1. The van der Waals surface area contributed by atoms with Crippen molar-refractivity contribution in [2.45, 2.75) is 33.1 Å². The number of benzene rings is 1. The van der Waals surface area contributed by atoms with Gasteiger partial charge in [-0.25, -0.2) is 4.98 Å². The number of imidazole rings is 1. The van der Waals surface area contributed by atoms with E-state index in [9.17, 15) is 5.11 Å². The van der Waals surface area contributed by atoms with Crippen LogP contribution in [0.3, 0.4) is 0 Å². The maximum atomic E-state index is 10.0. The molecule has 0 aliphatic carbocycles. The highest BCUT2D eigenvalue weighted by Gasteiger charge is 2.17. The van der Waals surface area contributed by atoms with E-state index in [1.165, 1.54) is 0 Å². The lowest BCUT2D eigenvalue weighted by atomic mass is 10.1. The fourth-order valence-electron chi connectivity index (χ4n) is 2.55. The van der Waals surface area contributed by atoms with Crippen LogP contribution in [0.25, 0.3) is 5.65 Å². The van der Waals surface area contributed by atoms with Gasteiger partial charge in [0.15, 0.2) is 17.2 Å². The molecule has 0 amide bonds. The van der Waals surface area contributed by atoms with Crippen molar-refractivity contribution in [1.82, 2.24) is 9.38 Å². The number of aromatic hydroxyl groups is 1. The fourth-order valence-corrected chi connectivity index (χ4v) is 2.55. The Balaban J connectivity index is 2.13. The quantitative estimate of drug-likeness (QED) is 0.678. The zero-order valence-corrected chi connectivity index (χ0v) is 13.6. The van der Waals surface area contributed by atoms with Crippen molar-refractivity contribution in [1.29, 1.82) is 0 Å². The van der Waals surface area contributed by atoms with Crippen LogP contribution in [-0.2, 0) is 6.42 Å². The SMILES string of the molecule is CCc1ccccc1N=Nc1c(C(C)C)nc2c(O)cccn12. The first-order chi connectivity index (χ1) is 11.1. The average molecular weight is 308 g/mol. The molecule has 0 saturated heterocycles. The summed E-state index contributed by atoms with van der Waals surface area (Å²) < 4.78 is 1.78. The Bertz CT molecular complexity index is 865. The van der Waals surface area contributed by atoms with Crippen molar-refractivity contribution in [3.63, 3.8) is 0 Å². The second kappa shape index (κ2) is 6.20. The van der Waals surface area contributed by atoms with Crippen molar-refractivity contribution in [2.24, 2.45) is 10.2 Å². The standard InChI is InChI=1S/C18H20N4O/c1-4-13-8-5-6-9-14(13)20-21-18-16(12(2)3)19-17-15(23)10-7-11-22(17)18/h5-12,23H,4H2,1-3H3. The van der Waals surface area contributed by atoms with E-state index in [1.54, 1.807) is 16.5 Å². The van der Waals surface area contributed by atoms with Crippen LogP contribution in [-0.4, -0.2) is 14.5 Å². The Hall–Kier alpha value is -2.69. The number of rotatable bonds is 4. The van der Waals surface area contributed by atoms with E-state index in [0.717, 1.165) is 23.4 Å². The van der Waals surface area contributed by atoms with Crippen molar-refractivity contribution < 1.29 is 5.11 Å². The maximum absolute atomic E-state index is 10.0. The third-order valence-corrected chi connectivity index (χ3v) is 3.80. The first-order valence-electron chi connectivity index (χ1n) is 7.81. The predicted molar refractivity (Wildman–Crippen MR) is 90.9 cm³/mol. The molecule has 0 unspecified atom stereocenters. The van der Waals surface area contributed by atoms with E-state index in [4.69, 9.17) is 0 Å². The fraction of sp³-hybridized carbons (Fsp3) is 0.278. The number of nitrogens with zero attached hydrogens (tertiary/aromatic N) is 4. The van der Waals surface area contributed by atoms with Crippen LogP contribution >= 0.6 is 0 Å². The Labute approximate surface area is 135 Å². The van der Waals surface area contributed by atoms with Crippen LogP contribution in [0.1, 0.15) is 37.9 Å². The third-order valence-electron chi connectivity index (χ3n) is 3.80. The highest BCUT2D eigenvalue weighted by molar-refractivity contribution is 5.60. The van der Waals surface area contributed by atoms with Gasteiger partial charge in [0.25, 0.3) is 0 Å². The number of aromatic nitrogens is 2. The van der Waals surface area contributed by atoms with Crippen LogP contribution in [0.2, 0.25) is 0 Å². The predicted octanol–water partition coefficient (Wildman–Crippen LogP) is 5.14. The molecule has 0 radical (unpaired) electrons. The molecule has 0 aliphatic heterocycles. The van der Waals surface area contributed by atoms with Crippen molar-refractivity contribution in [3.8, 4) is 5.75 Å². The van der Waals surface area contributed by atoms with Crippen LogP contribution < -0.4 is 0 Å². The van der Waals surface area contributed by atoms with Crippen LogP contribution in [0, 0.1) is 0 Å². The van der Waals surface area contributed by atoms with E-state index in [1.807, 2.05) is 24.4 Å². The summed E-state index contributed by atoms with van der Waals surface area (Å²) in [5.41, 5.74) is 3.34. The van der Waals surface area contributed by atoms with Crippen LogP contribution in [0.5, 0.6) is 5.75 Å². The lowest BCUT2D eigenvalue weighted by Crippen LogP contribution is -1.87. The molecular weight excluding hydrogens is 288 g/mol. The summed E-state index contributed by atoms with van der Waals surface area (Å²) in [6, 6.07) is 11.4. The second-order valence-corrected chi connectivity index (χ2v) is 5.74. The number of hydrogen-bond donors (Lipinski definition) is 1. The van der Waals surface area contributed by atoms with Gasteiger partial charge in [-0.2, -0.15) is 0 Å². The van der Waals surface area contributed by atoms with Crippen molar-refractivity contribution >= 4 is 17.2 Å². The van der Waals surface area contributed by atoms with Gasteiger partial charge in [0, 0.05) is 6.20 Å². The van der Waals surface area contributed by atoms with E-state index >= 15 is 0 Å². The Morgan fingerprint density at radius 3 is 2.65 bits per heavy atom. The van der Waals surface area contributed by atoms with E-state index in [-0.39, 0.29) is 11.7 Å². The summed E-state index contributed by atoms with van der Waals surface area (Å²) in [7, 11) is 0. The maximum Gasteiger partial charge on any atom is 0.183 e. The molecule has 5 heteroatoms. The minimum atomic E-state index is 0.143. The Kier molecular flexibility index (Phi) is 4.10. The van der Waals surface area contributed by atoms with Crippen LogP contribution in [0.15, 0.2) is 52.8 Å². The summed E-state index contributed by atoms with van der Waals surface area (Å²) in [6.07, 6.45) is 2.74. The molecule has 0 bridgehead atoms. The van der Waals surface area contributed by atoms with Crippen molar-refractivity contribution in [3.05, 3.63) is 53.9 Å². The molecular formula is C18H20N4O. The van der Waals surface area contributed by atoms with E-state index in [2.05, 4.69) is 42.1 Å². The lowest BCUT2D eigenvalue weighted by Gasteiger charge is -2.03. The zero-order chi connectivity index (χ0) is 16.4. The molecule has 0 atom stereocenters. The molecule has 3 aromatic rings. The summed E-state index contributed by atoms with van der Waals surface area (Å²) >= 11 is 0. The first-order valence-corrected chi connectivity index (χ1v) is 7.81. The molecule has 0 fully saturated rings. The minimum Gasteiger partial charge on any atom is -0.504 e. The Morgan fingerprint density at radius 1 is 1.13 bits per heavy atom. The minimum absolute atomic E-state index is 0.143. The number of hydrogen-bond acceptors (Lipinski definition) is 4. The highest BCUT2D eigenvalue weighted by Crippen LogP contribution is 2.32. The van der Waals surface area contributed by atoms with Gasteiger partial charge in [-0.3, -0.25) is 4.40 Å². The molecule has 1 aromatic carbocycles. The molecule has 5 nitrogen and oxygen atoms in total. The van der Waals surface area contributed by atoms with Gasteiger partial charge in [-0.15, -0.1) is 10.2 Å². The van der Waals surface area contributed by atoms with Gasteiger partial charge >= 0.3 is 0 Å². The molecule has 118 valence electrons. The van der Waals surface area contributed by atoms with E-state index in [0.29, 0.717) is 11.5 Å². The molecule has 0 aliphatic rings. The number of pyridine rings is 1. The van der Waals surface area contributed by atoms with Gasteiger partial charge < -0.3 is 5.11 Å². The molecule has 2 aromatic heterocycles. The molecule has 1 N–H and O–H groups in total. The molecule has 2 heterocycles. The zero-order valence-electron chi connectivity index (χ0n) is 13.6. The topological polar surface area (TPSA) is 62.2 Å². The lowest BCUT2D eigenvalue weighted by molar-refractivity contribution is 0.477. The first kappa shape index (κ1) is 15.2. The second-order valence-electron chi connectivity index (χ2n) is 5.74. The van der Waals surface area contributed by atoms with Crippen LogP contribution in [0.4, 0.5) is 11.5 Å². The number of azo groups is 1. The molecule has 23 heavy (non-hydrogen) atoms. The third kappa shape index (κ3) is 2.82.